The Morgan fingerprint density at radius 3 is 1.92 bits per heavy atom. The molecule has 0 aromatic carbocycles. The van der Waals surface area contributed by atoms with E-state index >= 15 is 0 Å². The molecule has 0 aromatic rings. The topological polar surface area (TPSA) is 43.4 Å². The molecule has 78 valence electrons. The van der Waals surface area contributed by atoms with Crippen LogP contribution < -0.4 is 0 Å². The third-order valence-corrected chi connectivity index (χ3v) is 1.40. The van der Waals surface area contributed by atoms with E-state index in [0.717, 1.165) is 0 Å². The van der Waals surface area contributed by atoms with Crippen molar-refractivity contribution in [3.05, 3.63) is 0 Å². The molecule has 1 fully saturated rings. The molecule has 0 bridgehead atoms. The average molecular weight is 188 g/mol. The molecule has 0 saturated carbocycles. The summed E-state index contributed by atoms with van der Waals surface area (Å²) in [4.78, 5) is 20.9. The third-order valence-electron chi connectivity index (χ3n) is 1.40. The van der Waals surface area contributed by atoms with Crippen molar-refractivity contribution in [2.24, 2.45) is 5.92 Å². The van der Waals surface area contributed by atoms with Crippen molar-refractivity contribution in [3.63, 3.8) is 0 Å². The van der Waals surface area contributed by atoms with E-state index in [1.54, 1.807) is 6.92 Å². The van der Waals surface area contributed by atoms with Crippen LogP contribution >= 0.6 is 0 Å². The highest BCUT2D eigenvalue weighted by atomic mass is 16.6. The number of carbonyl (C=O) groups excluding carboxylic acids is 2. The second-order valence-corrected chi connectivity index (χ2v) is 2.23. The van der Waals surface area contributed by atoms with E-state index in [1.165, 1.54) is 0 Å². The van der Waals surface area contributed by atoms with Gasteiger partial charge in [0.15, 0.2) is 0 Å². The Kier molecular flexibility index (Phi) is 10.4. The Morgan fingerprint density at radius 2 is 1.62 bits per heavy atom. The first-order valence-electron chi connectivity index (χ1n) is 4.94. The molecule has 1 unspecified atom stereocenters. The van der Waals surface area contributed by atoms with Gasteiger partial charge < -0.3 is 4.74 Å². The standard InChI is InChI=1S/C6H8O3.2C2H6/c1-4-2-3-5(7)9-6(4)8;2*1-2/h4H,2-3H2,1H3;2*1-2H3. The van der Waals surface area contributed by atoms with Crippen molar-refractivity contribution in [2.45, 2.75) is 47.5 Å². The first-order valence-corrected chi connectivity index (χ1v) is 4.94. The lowest BCUT2D eigenvalue weighted by atomic mass is 10.0. The van der Waals surface area contributed by atoms with E-state index in [4.69, 9.17) is 0 Å². The van der Waals surface area contributed by atoms with Crippen molar-refractivity contribution in [1.82, 2.24) is 0 Å². The normalized spacial score (nSPS) is 20.2. The second kappa shape index (κ2) is 9.23. The summed E-state index contributed by atoms with van der Waals surface area (Å²) in [5.74, 6) is -0.868. The molecule has 0 radical (unpaired) electrons. The lowest BCUT2D eigenvalue weighted by Crippen LogP contribution is -2.25. The average Bonchev–Trinajstić information content (AvgIpc) is 2.18. The van der Waals surface area contributed by atoms with Crippen LogP contribution in [0, 0.1) is 5.92 Å². The molecule has 13 heavy (non-hydrogen) atoms. The first kappa shape index (κ1) is 14.7. The van der Waals surface area contributed by atoms with Crippen LogP contribution in [0.5, 0.6) is 0 Å². The molecule has 0 amide bonds. The van der Waals surface area contributed by atoms with Gasteiger partial charge in [0, 0.05) is 6.42 Å². The molecule has 0 spiro atoms. The van der Waals surface area contributed by atoms with Gasteiger partial charge in [0.1, 0.15) is 0 Å². The van der Waals surface area contributed by atoms with Crippen LogP contribution in [0.3, 0.4) is 0 Å². The highest BCUT2D eigenvalue weighted by Crippen LogP contribution is 2.14. The van der Waals surface area contributed by atoms with Gasteiger partial charge >= 0.3 is 11.9 Å². The zero-order valence-electron chi connectivity index (χ0n) is 9.22. The summed E-state index contributed by atoms with van der Waals surface area (Å²) in [6.45, 7) is 9.76. The molecule has 1 rings (SSSR count). The van der Waals surface area contributed by atoms with Gasteiger partial charge in [-0.05, 0) is 6.42 Å². The van der Waals surface area contributed by atoms with Crippen LogP contribution in [0.2, 0.25) is 0 Å². The van der Waals surface area contributed by atoms with Gasteiger partial charge in [-0.3, -0.25) is 9.59 Å². The molecule has 1 heterocycles. The number of rotatable bonds is 0. The molecule has 0 aromatic heterocycles. The van der Waals surface area contributed by atoms with Crippen LogP contribution in [0.25, 0.3) is 0 Å². The summed E-state index contributed by atoms with van der Waals surface area (Å²) in [7, 11) is 0. The van der Waals surface area contributed by atoms with Gasteiger partial charge in [0.05, 0.1) is 5.92 Å². The maximum absolute atomic E-state index is 10.6. The maximum atomic E-state index is 10.6. The predicted molar refractivity (Wildman–Crippen MR) is 52.2 cm³/mol. The summed E-state index contributed by atoms with van der Waals surface area (Å²) in [5, 5.41) is 0. The largest absolute Gasteiger partial charge is 0.393 e. The number of esters is 2. The van der Waals surface area contributed by atoms with Gasteiger partial charge in [-0.15, -0.1) is 0 Å². The van der Waals surface area contributed by atoms with Gasteiger partial charge in [-0.25, -0.2) is 0 Å². The molecule has 0 N–H and O–H groups in total. The Hall–Kier alpha value is -0.860. The summed E-state index contributed by atoms with van der Waals surface area (Å²) in [5.41, 5.74) is 0. The number of carbonyl (C=O) groups is 2. The monoisotopic (exact) mass is 188 g/mol. The Bertz CT molecular complexity index is 152. The van der Waals surface area contributed by atoms with E-state index in [1.807, 2.05) is 27.7 Å². The van der Waals surface area contributed by atoms with Crippen molar-refractivity contribution >= 4 is 11.9 Å². The molecule has 1 aliphatic rings. The Labute approximate surface area is 80.5 Å². The van der Waals surface area contributed by atoms with Gasteiger partial charge in [-0.2, -0.15) is 0 Å². The summed E-state index contributed by atoms with van der Waals surface area (Å²) in [6.07, 6.45) is 1.02. The number of cyclic esters (lactones) is 2. The fourth-order valence-corrected chi connectivity index (χ4v) is 0.716. The lowest BCUT2D eigenvalue weighted by Gasteiger charge is -2.14. The molecule has 1 atom stereocenters. The minimum absolute atomic E-state index is 0.0947. The smallest absolute Gasteiger partial charge is 0.316 e. The van der Waals surface area contributed by atoms with Gasteiger partial charge in [0.2, 0.25) is 0 Å². The minimum atomic E-state index is -0.391. The Morgan fingerprint density at radius 1 is 1.15 bits per heavy atom. The van der Waals surface area contributed by atoms with E-state index in [2.05, 4.69) is 4.74 Å². The van der Waals surface area contributed by atoms with Crippen molar-refractivity contribution < 1.29 is 14.3 Å². The summed E-state index contributed by atoms with van der Waals surface area (Å²) >= 11 is 0. The minimum Gasteiger partial charge on any atom is -0.393 e. The van der Waals surface area contributed by atoms with Crippen LogP contribution in [0.4, 0.5) is 0 Å². The molecule has 1 aliphatic heterocycles. The number of ether oxygens (including phenoxy) is 1. The molecular weight excluding hydrogens is 168 g/mol. The Balaban J connectivity index is 0. The van der Waals surface area contributed by atoms with Crippen LogP contribution in [0.15, 0.2) is 0 Å². The fourth-order valence-electron chi connectivity index (χ4n) is 0.716. The first-order chi connectivity index (χ1) is 6.20. The van der Waals surface area contributed by atoms with Gasteiger partial charge in [0.25, 0.3) is 0 Å². The van der Waals surface area contributed by atoms with E-state index in [-0.39, 0.29) is 11.9 Å². The SMILES string of the molecule is CC.CC.CC1CCC(=O)OC1=O. The summed E-state index contributed by atoms with van der Waals surface area (Å²) < 4.78 is 4.32. The second-order valence-electron chi connectivity index (χ2n) is 2.23. The maximum Gasteiger partial charge on any atom is 0.316 e. The quantitative estimate of drug-likeness (QED) is 0.433. The van der Waals surface area contributed by atoms with E-state index in [0.29, 0.717) is 12.8 Å². The van der Waals surface area contributed by atoms with Crippen LogP contribution in [-0.4, -0.2) is 11.9 Å². The zero-order chi connectivity index (χ0) is 10.9. The third kappa shape index (κ3) is 6.31. The highest BCUT2D eigenvalue weighted by molar-refractivity contribution is 5.89. The van der Waals surface area contributed by atoms with Crippen molar-refractivity contribution in [1.29, 1.82) is 0 Å². The van der Waals surface area contributed by atoms with E-state index < -0.39 is 5.97 Å². The number of hydrogen-bond acceptors (Lipinski definition) is 3. The van der Waals surface area contributed by atoms with Crippen LogP contribution in [-0.2, 0) is 14.3 Å². The summed E-state index contributed by atoms with van der Waals surface area (Å²) in [6, 6.07) is 0. The molecular formula is C10H20O3. The van der Waals surface area contributed by atoms with Crippen molar-refractivity contribution in [3.8, 4) is 0 Å². The zero-order valence-corrected chi connectivity index (χ0v) is 9.22. The fraction of sp³-hybridized carbons (Fsp3) is 0.800. The number of hydrogen-bond donors (Lipinski definition) is 0. The van der Waals surface area contributed by atoms with Crippen LogP contribution in [0.1, 0.15) is 47.5 Å². The molecule has 0 aliphatic carbocycles. The predicted octanol–water partition coefficient (Wildman–Crippen LogP) is 2.54. The lowest BCUT2D eigenvalue weighted by molar-refractivity contribution is -0.166. The van der Waals surface area contributed by atoms with Gasteiger partial charge in [-0.1, -0.05) is 34.6 Å². The molecule has 3 heteroatoms. The molecule has 1 saturated heterocycles. The highest BCUT2D eigenvalue weighted by Gasteiger charge is 2.24. The van der Waals surface area contributed by atoms with Crippen molar-refractivity contribution in [2.75, 3.05) is 0 Å². The molecule has 3 nitrogen and oxygen atoms in total. The van der Waals surface area contributed by atoms with E-state index in [9.17, 15) is 9.59 Å².